The average Bonchev–Trinajstić information content (AvgIpc) is 2.94. The van der Waals surface area contributed by atoms with Crippen molar-refractivity contribution in [1.29, 1.82) is 0 Å². The van der Waals surface area contributed by atoms with E-state index in [1.54, 1.807) is 13.8 Å². The fourth-order valence-corrected chi connectivity index (χ4v) is 4.31. The molecule has 6 heteroatoms. The first-order valence-corrected chi connectivity index (χ1v) is 8.13. The van der Waals surface area contributed by atoms with E-state index >= 15 is 0 Å². The minimum atomic E-state index is -3.60. The number of rotatable bonds is 5. The van der Waals surface area contributed by atoms with Crippen LogP contribution in [-0.4, -0.2) is 20.1 Å². The molecule has 1 aromatic rings. The van der Waals surface area contributed by atoms with Crippen molar-refractivity contribution in [3.8, 4) is 0 Å². The number of nitrogens with one attached hydrogen (secondary N) is 1. The highest BCUT2D eigenvalue weighted by Crippen LogP contribution is 2.28. The van der Waals surface area contributed by atoms with Gasteiger partial charge in [0.25, 0.3) is 0 Å². The Morgan fingerprint density at radius 2 is 1.89 bits per heavy atom. The van der Waals surface area contributed by atoms with Gasteiger partial charge < -0.3 is 9.52 Å². The fourth-order valence-electron chi connectivity index (χ4n) is 2.76. The molecule has 0 bridgehead atoms. The Bertz CT molecular complexity index is 541. The van der Waals surface area contributed by atoms with E-state index < -0.39 is 10.0 Å². The lowest BCUT2D eigenvalue weighted by atomic mass is 10.1. The van der Waals surface area contributed by atoms with Gasteiger partial charge in [-0.3, -0.25) is 0 Å². The summed E-state index contributed by atoms with van der Waals surface area (Å²) in [6.07, 6.45) is 4.52. The molecule has 0 radical (unpaired) electrons. The molecule has 1 aliphatic carbocycles. The number of furan rings is 1. The number of aliphatic hydroxyl groups excluding tert-OH is 1. The summed E-state index contributed by atoms with van der Waals surface area (Å²) in [5.41, 5.74) is 0.358. The molecule has 2 N–H and O–H groups in total. The third-order valence-corrected chi connectivity index (χ3v) is 5.41. The molecule has 1 heterocycles. The standard InChI is InChI=1S/C13H21NO4S/c1-9-12(8-15)13(10(2)18-9)19(16,17)14-7-11-5-3-4-6-11/h11,14-15H,3-8H2,1-2H3. The first-order valence-electron chi connectivity index (χ1n) is 6.65. The molecule has 19 heavy (non-hydrogen) atoms. The molecule has 0 saturated heterocycles. The van der Waals surface area contributed by atoms with E-state index in [2.05, 4.69) is 4.72 Å². The highest BCUT2D eigenvalue weighted by atomic mass is 32.2. The van der Waals surface area contributed by atoms with Gasteiger partial charge >= 0.3 is 0 Å². The van der Waals surface area contributed by atoms with Crippen molar-refractivity contribution in [2.45, 2.75) is 51.0 Å². The largest absolute Gasteiger partial charge is 0.465 e. The Hall–Kier alpha value is -0.850. The molecule has 0 atom stereocenters. The van der Waals surface area contributed by atoms with E-state index in [0.717, 1.165) is 12.8 Å². The third-order valence-electron chi connectivity index (χ3n) is 3.79. The zero-order valence-electron chi connectivity index (χ0n) is 11.4. The molecule has 1 aliphatic rings. The van der Waals surface area contributed by atoms with E-state index in [1.807, 2.05) is 0 Å². The Kier molecular flexibility index (Phi) is 4.32. The summed E-state index contributed by atoms with van der Waals surface area (Å²) in [5.74, 6) is 1.22. The molecular formula is C13H21NO4S. The molecule has 2 rings (SSSR count). The number of sulfonamides is 1. The van der Waals surface area contributed by atoms with Crippen LogP contribution >= 0.6 is 0 Å². The maximum Gasteiger partial charge on any atom is 0.244 e. The Balaban J connectivity index is 2.19. The summed E-state index contributed by atoms with van der Waals surface area (Å²) in [6, 6.07) is 0. The molecule has 1 saturated carbocycles. The van der Waals surface area contributed by atoms with Crippen LogP contribution in [0.4, 0.5) is 0 Å². The lowest BCUT2D eigenvalue weighted by Gasteiger charge is -2.11. The van der Waals surface area contributed by atoms with Gasteiger partial charge in [0, 0.05) is 12.1 Å². The predicted octanol–water partition coefficient (Wildman–Crippen LogP) is 1.86. The van der Waals surface area contributed by atoms with E-state index in [4.69, 9.17) is 4.42 Å². The van der Waals surface area contributed by atoms with Crippen LogP contribution in [0.25, 0.3) is 0 Å². The zero-order chi connectivity index (χ0) is 14.0. The minimum absolute atomic E-state index is 0.102. The monoisotopic (exact) mass is 287 g/mol. The third kappa shape index (κ3) is 3.01. The summed E-state index contributed by atoms with van der Waals surface area (Å²) in [4.78, 5) is 0.102. The van der Waals surface area contributed by atoms with Gasteiger partial charge in [0.1, 0.15) is 16.4 Å². The second kappa shape index (κ2) is 5.64. The number of aryl methyl sites for hydroxylation is 2. The predicted molar refractivity (Wildman–Crippen MR) is 71.3 cm³/mol. The SMILES string of the molecule is Cc1oc(C)c(S(=O)(=O)NCC2CCCC2)c1CO. The Morgan fingerprint density at radius 3 is 2.47 bits per heavy atom. The zero-order valence-corrected chi connectivity index (χ0v) is 12.2. The van der Waals surface area contributed by atoms with Crippen LogP contribution < -0.4 is 4.72 Å². The topological polar surface area (TPSA) is 79.5 Å². The second-order valence-corrected chi connectivity index (χ2v) is 6.89. The van der Waals surface area contributed by atoms with Gasteiger partial charge in [-0.1, -0.05) is 12.8 Å². The maximum absolute atomic E-state index is 12.3. The average molecular weight is 287 g/mol. The molecule has 108 valence electrons. The lowest BCUT2D eigenvalue weighted by Crippen LogP contribution is -2.29. The number of hydrogen-bond donors (Lipinski definition) is 2. The van der Waals surface area contributed by atoms with Crippen molar-refractivity contribution in [2.75, 3.05) is 6.54 Å². The molecule has 0 amide bonds. The molecule has 0 aromatic carbocycles. The van der Waals surface area contributed by atoms with Crippen LogP contribution in [0.15, 0.2) is 9.31 Å². The summed E-state index contributed by atoms with van der Waals surface area (Å²) in [7, 11) is -3.60. The molecular weight excluding hydrogens is 266 g/mol. The van der Waals surface area contributed by atoms with E-state index in [9.17, 15) is 13.5 Å². The summed E-state index contributed by atoms with van der Waals surface area (Å²) in [5, 5.41) is 9.30. The molecule has 1 aromatic heterocycles. The molecule has 0 unspecified atom stereocenters. The first kappa shape index (κ1) is 14.6. The van der Waals surface area contributed by atoms with Gasteiger partial charge in [0.05, 0.1) is 6.61 Å². The molecule has 0 spiro atoms. The van der Waals surface area contributed by atoms with Crippen LogP contribution in [0, 0.1) is 19.8 Å². The molecule has 1 fully saturated rings. The summed E-state index contributed by atoms with van der Waals surface area (Å²) < 4.78 is 32.6. The van der Waals surface area contributed by atoms with Crippen LogP contribution in [-0.2, 0) is 16.6 Å². The van der Waals surface area contributed by atoms with E-state index in [-0.39, 0.29) is 11.5 Å². The van der Waals surface area contributed by atoms with Gasteiger partial charge in [-0.15, -0.1) is 0 Å². The number of hydrogen-bond acceptors (Lipinski definition) is 4. The van der Waals surface area contributed by atoms with Crippen molar-refractivity contribution in [3.05, 3.63) is 17.1 Å². The number of aliphatic hydroxyl groups is 1. The smallest absolute Gasteiger partial charge is 0.244 e. The highest BCUT2D eigenvalue weighted by Gasteiger charge is 2.27. The summed E-state index contributed by atoms with van der Waals surface area (Å²) in [6.45, 7) is 3.41. The van der Waals surface area contributed by atoms with Gasteiger partial charge in [0.15, 0.2) is 0 Å². The quantitative estimate of drug-likeness (QED) is 0.866. The van der Waals surface area contributed by atoms with Gasteiger partial charge in [-0.25, -0.2) is 13.1 Å². The van der Waals surface area contributed by atoms with Gasteiger partial charge in [-0.2, -0.15) is 0 Å². The Morgan fingerprint density at radius 1 is 1.26 bits per heavy atom. The van der Waals surface area contributed by atoms with Crippen LogP contribution in [0.2, 0.25) is 0 Å². The van der Waals surface area contributed by atoms with Crippen LogP contribution in [0.3, 0.4) is 0 Å². The van der Waals surface area contributed by atoms with E-state index in [1.165, 1.54) is 12.8 Å². The van der Waals surface area contributed by atoms with Crippen molar-refractivity contribution in [3.63, 3.8) is 0 Å². The normalized spacial score (nSPS) is 17.2. The molecule has 5 nitrogen and oxygen atoms in total. The fraction of sp³-hybridized carbons (Fsp3) is 0.692. The van der Waals surface area contributed by atoms with Gasteiger partial charge in [0.2, 0.25) is 10.0 Å². The van der Waals surface area contributed by atoms with Crippen LogP contribution in [0.1, 0.15) is 42.8 Å². The molecule has 0 aliphatic heterocycles. The van der Waals surface area contributed by atoms with Crippen molar-refractivity contribution < 1.29 is 17.9 Å². The first-order chi connectivity index (χ1) is 8.95. The lowest BCUT2D eigenvalue weighted by molar-refractivity contribution is 0.276. The van der Waals surface area contributed by atoms with Crippen LogP contribution in [0.5, 0.6) is 0 Å². The van der Waals surface area contributed by atoms with Gasteiger partial charge in [-0.05, 0) is 32.6 Å². The maximum atomic E-state index is 12.3. The Labute approximate surface area is 114 Å². The van der Waals surface area contributed by atoms with Crippen molar-refractivity contribution >= 4 is 10.0 Å². The highest BCUT2D eigenvalue weighted by molar-refractivity contribution is 7.89. The van der Waals surface area contributed by atoms with E-state index in [0.29, 0.717) is 29.5 Å². The van der Waals surface area contributed by atoms with Crippen molar-refractivity contribution in [1.82, 2.24) is 4.72 Å². The van der Waals surface area contributed by atoms with Crippen molar-refractivity contribution in [2.24, 2.45) is 5.92 Å². The summed E-state index contributed by atoms with van der Waals surface area (Å²) >= 11 is 0. The second-order valence-electron chi connectivity index (χ2n) is 5.18. The minimum Gasteiger partial charge on any atom is -0.465 e.